The number of ketones is 1. The summed E-state index contributed by atoms with van der Waals surface area (Å²) in [7, 11) is 0. The highest BCUT2D eigenvalue weighted by Gasteiger charge is 2.22. The third-order valence-electron chi connectivity index (χ3n) is 0.959. The van der Waals surface area contributed by atoms with Gasteiger partial charge in [-0.15, -0.1) is 0 Å². The summed E-state index contributed by atoms with van der Waals surface area (Å²) < 4.78 is 0. The molecule has 0 spiro atoms. The number of hydrogen-bond donors (Lipinski definition) is 3. The number of rotatable bonds is 4. The molecule has 0 radical (unpaired) electrons. The molecule has 5 nitrogen and oxygen atoms in total. The van der Waals surface area contributed by atoms with Gasteiger partial charge in [0, 0.05) is 0 Å². The van der Waals surface area contributed by atoms with Gasteiger partial charge in [0.1, 0.15) is 12.2 Å². The van der Waals surface area contributed by atoms with E-state index >= 15 is 0 Å². The zero-order valence-corrected chi connectivity index (χ0v) is 5.10. The first kappa shape index (κ1) is 9.22. The number of carbonyl (C=O) groups excluding carboxylic acids is 2. The van der Waals surface area contributed by atoms with Crippen LogP contribution in [0, 0.1) is 0 Å². The fraction of sp³-hybridized carbons (Fsp3) is 0.600. The molecular weight excluding hydrogens is 140 g/mol. The lowest BCUT2D eigenvalue weighted by Crippen LogP contribution is -2.36. The van der Waals surface area contributed by atoms with Gasteiger partial charge in [-0.25, -0.2) is 0 Å². The maximum absolute atomic E-state index is 10.2. The summed E-state index contributed by atoms with van der Waals surface area (Å²) in [6.07, 6.45) is -3.48. The zero-order valence-electron chi connectivity index (χ0n) is 5.10. The first-order valence-electron chi connectivity index (χ1n) is 2.59. The van der Waals surface area contributed by atoms with Crippen LogP contribution in [0.25, 0.3) is 0 Å². The second kappa shape index (κ2) is 4.10. The molecule has 0 saturated carbocycles. The normalized spacial score (nSPS) is 15.9. The molecule has 0 saturated heterocycles. The predicted octanol–water partition coefficient (Wildman–Crippen LogP) is -2.53. The van der Waals surface area contributed by atoms with Crippen molar-refractivity contribution in [1.82, 2.24) is 0 Å². The molecule has 0 fully saturated rings. The summed E-state index contributed by atoms with van der Waals surface area (Å²) in [5.41, 5.74) is 0. The van der Waals surface area contributed by atoms with Crippen LogP contribution in [-0.4, -0.2) is 46.2 Å². The molecule has 2 atom stereocenters. The van der Waals surface area contributed by atoms with Crippen molar-refractivity contribution >= 4 is 12.1 Å². The Morgan fingerprint density at radius 2 is 2.00 bits per heavy atom. The second-order valence-corrected chi connectivity index (χ2v) is 1.71. The van der Waals surface area contributed by atoms with Gasteiger partial charge in [0.15, 0.2) is 6.29 Å². The van der Waals surface area contributed by atoms with Crippen LogP contribution in [0.1, 0.15) is 0 Å². The smallest absolute Gasteiger partial charge is 0.226 e. The molecule has 5 heteroatoms. The molecule has 3 N–H and O–H groups in total. The number of aliphatic hydroxyl groups is 3. The van der Waals surface area contributed by atoms with Gasteiger partial charge in [-0.3, -0.25) is 9.59 Å². The van der Waals surface area contributed by atoms with E-state index in [2.05, 4.69) is 0 Å². The summed E-state index contributed by atoms with van der Waals surface area (Å²) in [6.45, 7) is -0.749. The zero-order chi connectivity index (χ0) is 8.15. The molecule has 0 aliphatic rings. The van der Waals surface area contributed by atoms with Crippen molar-refractivity contribution in [2.24, 2.45) is 0 Å². The van der Waals surface area contributed by atoms with Gasteiger partial charge in [0.2, 0.25) is 5.78 Å². The molecule has 0 rings (SSSR count). The lowest BCUT2D eigenvalue weighted by atomic mass is 10.1. The highest BCUT2D eigenvalue weighted by molar-refractivity contribution is 6.27. The van der Waals surface area contributed by atoms with Crippen LogP contribution in [0.2, 0.25) is 0 Å². The second-order valence-electron chi connectivity index (χ2n) is 1.71. The SMILES string of the molecule is O=CC(=O)[C@H](O)[C@@H](O)CO. The summed E-state index contributed by atoms with van der Waals surface area (Å²) in [5, 5.41) is 25.3. The molecule has 0 aromatic heterocycles. The molecule has 0 aliphatic carbocycles. The number of carbonyl (C=O) groups is 2. The quantitative estimate of drug-likeness (QED) is 0.302. The first-order chi connectivity index (χ1) is 4.63. The van der Waals surface area contributed by atoms with E-state index < -0.39 is 24.6 Å². The Kier molecular flexibility index (Phi) is 3.78. The van der Waals surface area contributed by atoms with Crippen molar-refractivity contribution in [3.05, 3.63) is 0 Å². The van der Waals surface area contributed by atoms with E-state index in [1.54, 1.807) is 0 Å². The van der Waals surface area contributed by atoms with Crippen molar-refractivity contribution < 1.29 is 24.9 Å². The third-order valence-corrected chi connectivity index (χ3v) is 0.959. The minimum absolute atomic E-state index is 0.108. The van der Waals surface area contributed by atoms with Crippen molar-refractivity contribution in [3.63, 3.8) is 0 Å². The van der Waals surface area contributed by atoms with Gasteiger partial charge in [-0.05, 0) is 0 Å². The van der Waals surface area contributed by atoms with E-state index in [9.17, 15) is 9.59 Å². The van der Waals surface area contributed by atoms with E-state index in [-0.39, 0.29) is 6.29 Å². The Balaban J connectivity index is 3.93. The van der Waals surface area contributed by atoms with Crippen LogP contribution >= 0.6 is 0 Å². The molecule has 58 valence electrons. The standard InChI is InChI=1S/C5H8O5/c6-1-3(8)5(10)4(9)2-7/h1,4-5,7,9-10H,2H2/t4-,5-/m0/s1. The highest BCUT2D eigenvalue weighted by Crippen LogP contribution is 1.91. The van der Waals surface area contributed by atoms with Crippen LogP contribution in [0.3, 0.4) is 0 Å². The van der Waals surface area contributed by atoms with E-state index in [4.69, 9.17) is 15.3 Å². The summed E-state index contributed by atoms with van der Waals surface area (Å²) in [4.78, 5) is 19.9. The molecule has 0 aliphatic heterocycles. The van der Waals surface area contributed by atoms with Crippen molar-refractivity contribution in [2.45, 2.75) is 12.2 Å². The van der Waals surface area contributed by atoms with Crippen LogP contribution in [0.4, 0.5) is 0 Å². The van der Waals surface area contributed by atoms with E-state index in [1.165, 1.54) is 0 Å². The Hall–Kier alpha value is -0.780. The highest BCUT2D eigenvalue weighted by atomic mass is 16.4. The van der Waals surface area contributed by atoms with Gasteiger partial charge in [-0.2, -0.15) is 0 Å². The van der Waals surface area contributed by atoms with Gasteiger partial charge in [0.05, 0.1) is 6.61 Å². The molecule has 0 bridgehead atoms. The summed E-state index contributed by atoms with van der Waals surface area (Å²) >= 11 is 0. The molecule has 0 unspecified atom stereocenters. The van der Waals surface area contributed by atoms with Crippen molar-refractivity contribution in [1.29, 1.82) is 0 Å². The van der Waals surface area contributed by atoms with Crippen molar-refractivity contribution in [2.75, 3.05) is 6.61 Å². The number of aldehydes is 1. The van der Waals surface area contributed by atoms with Gasteiger partial charge in [-0.1, -0.05) is 0 Å². The molecule has 10 heavy (non-hydrogen) atoms. The maximum atomic E-state index is 10.2. The maximum Gasteiger partial charge on any atom is 0.226 e. The van der Waals surface area contributed by atoms with Gasteiger partial charge < -0.3 is 15.3 Å². The number of aliphatic hydroxyl groups excluding tert-OH is 3. The topological polar surface area (TPSA) is 94.8 Å². The van der Waals surface area contributed by atoms with E-state index in [1.807, 2.05) is 0 Å². The molecule has 0 heterocycles. The minimum Gasteiger partial charge on any atom is -0.394 e. The Morgan fingerprint density at radius 1 is 1.50 bits per heavy atom. The fourth-order valence-electron chi connectivity index (χ4n) is 0.359. The Bertz CT molecular complexity index is 132. The first-order valence-corrected chi connectivity index (χ1v) is 2.59. The lowest BCUT2D eigenvalue weighted by Gasteiger charge is -2.09. The van der Waals surface area contributed by atoms with Crippen molar-refractivity contribution in [3.8, 4) is 0 Å². The van der Waals surface area contributed by atoms with E-state index in [0.29, 0.717) is 0 Å². The van der Waals surface area contributed by atoms with Crippen LogP contribution in [-0.2, 0) is 9.59 Å². The monoisotopic (exact) mass is 148 g/mol. The minimum atomic E-state index is -1.80. The third kappa shape index (κ3) is 2.22. The lowest BCUT2D eigenvalue weighted by molar-refractivity contribution is -0.140. The predicted molar refractivity (Wildman–Crippen MR) is 30.2 cm³/mol. The average Bonchev–Trinajstić information content (AvgIpc) is 2.00. The average molecular weight is 148 g/mol. The molecule has 0 aromatic rings. The summed E-state index contributed by atoms with van der Waals surface area (Å²) in [6, 6.07) is 0. The molecule has 0 aromatic carbocycles. The van der Waals surface area contributed by atoms with Crippen LogP contribution < -0.4 is 0 Å². The largest absolute Gasteiger partial charge is 0.394 e. The molecular formula is C5H8O5. The van der Waals surface area contributed by atoms with Crippen LogP contribution in [0.5, 0.6) is 0 Å². The Morgan fingerprint density at radius 3 is 2.30 bits per heavy atom. The fourth-order valence-corrected chi connectivity index (χ4v) is 0.359. The Labute approximate surface area is 56.9 Å². The number of Topliss-reactive ketones (excluding diaryl/α,β-unsaturated/α-hetero) is 1. The number of hydrogen-bond acceptors (Lipinski definition) is 5. The van der Waals surface area contributed by atoms with Gasteiger partial charge in [0.25, 0.3) is 0 Å². The van der Waals surface area contributed by atoms with E-state index in [0.717, 1.165) is 0 Å². The van der Waals surface area contributed by atoms with Gasteiger partial charge >= 0.3 is 0 Å². The van der Waals surface area contributed by atoms with Crippen LogP contribution in [0.15, 0.2) is 0 Å². The summed E-state index contributed by atoms with van der Waals surface area (Å²) in [5.74, 6) is -1.14. The molecule has 0 amide bonds.